The van der Waals surface area contributed by atoms with E-state index in [1.54, 1.807) is 13.0 Å². The second kappa shape index (κ2) is 3.94. The molecule has 5 nitrogen and oxygen atoms in total. The molecule has 19 heavy (non-hydrogen) atoms. The molecule has 1 N–H and O–H groups in total. The molecule has 0 aliphatic rings. The summed E-state index contributed by atoms with van der Waals surface area (Å²) in [6, 6.07) is 7.17. The van der Waals surface area contributed by atoms with Crippen LogP contribution in [0.1, 0.15) is 5.76 Å². The first-order chi connectivity index (χ1) is 9.08. The van der Waals surface area contributed by atoms with E-state index in [1.807, 2.05) is 0 Å². The summed E-state index contributed by atoms with van der Waals surface area (Å²) in [6.45, 7) is 1.68. The number of aromatic nitrogens is 2. The quantitative estimate of drug-likeness (QED) is 0.724. The Morgan fingerprint density at radius 3 is 2.68 bits per heavy atom. The topological polar surface area (TPSA) is 68.0 Å². The molecular weight excluding hydrogens is 251 g/mol. The summed E-state index contributed by atoms with van der Waals surface area (Å²) in [5.74, 6) is -0.0698. The molecule has 96 valence electrons. The average molecular weight is 260 g/mol. The van der Waals surface area contributed by atoms with Crippen molar-refractivity contribution in [1.82, 2.24) is 9.55 Å². The number of H-pyrrole nitrogens is 1. The highest BCUT2D eigenvalue weighted by Gasteiger charge is 2.14. The van der Waals surface area contributed by atoms with Gasteiger partial charge in [0.05, 0.1) is 10.9 Å². The molecule has 1 aromatic carbocycles. The summed E-state index contributed by atoms with van der Waals surface area (Å²) in [4.78, 5) is 26.6. The predicted octanol–water partition coefficient (Wildman–Crippen LogP) is 1.72. The number of hydrogen-bond donors (Lipinski definition) is 1. The number of hydrogen-bond acceptors (Lipinski definition) is 3. The van der Waals surface area contributed by atoms with Crippen LogP contribution in [-0.2, 0) is 0 Å². The molecule has 0 fully saturated rings. The van der Waals surface area contributed by atoms with E-state index in [2.05, 4.69) is 4.98 Å². The number of nitrogens with zero attached hydrogens (tertiary/aromatic N) is 1. The van der Waals surface area contributed by atoms with Gasteiger partial charge >= 0.3 is 5.69 Å². The number of aryl methyl sites for hydroxylation is 1. The Morgan fingerprint density at radius 2 is 2.00 bits per heavy atom. The molecule has 2 heterocycles. The van der Waals surface area contributed by atoms with Gasteiger partial charge in [-0.15, -0.1) is 0 Å². The van der Waals surface area contributed by atoms with E-state index >= 15 is 0 Å². The zero-order valence-electron chi connectivity index (χ0n) is 9.94. The van der Waals surface area contributed by atoms with E-state index in [0.717, 1.165) is 4.57 Å². The second-order valence-corrected chi connectivity index (χ2v) is 4.12. The standard InChI is InChI=1S/C13H9FN2O3/c1-7-5-6-10(19-7)16-12(17)11-8(14)3-2-4-9(11)15-13(16)18/h2-6H,1H3,(H,15,18). The Bertz CT molecular complexity index is 889. The maximum absolute atomic E-state index is 13.7. The van der Waals surface area contributed by atoms with Gasteiger partial charge in [-0.25, -0.2) is 9.18 Å². The fraction of sp³-hybridized carbons (Fsp3) is 0.0769. The third-order valence-corrected chi connectivity index (χ3v) is 2.82. The first kappa shape index (κ1) is 11.5. The molecule has 0 aliphatic heterocycles. The summed E-state index contributed by atoms with van der Waals surface area (Å²) < 4.78 is 19.7. The van der Waals surface area contributed by atoms with Crippen molar-refractivity contribution in [2.75, 3.05) is 0 Å². The minimum Gasteiger partial charge on any atom is -0.445 e. The monoisotopic (exact) mass is 260 g/mol. The van der Waals surface area contributed by atoms with Crippen molar-refractivity contribution in [3.8, 4) is 5.88 Å². The lowest BCUT2D eigenvalue weighted by molar-refractivity contribution is 0.501. The van der Waals surface area contributed by atoms with Crippen LogP contribution in [0.2, 0.25) is 0 Å². The Balaban J connectivity index is 2.47. The van der Waals surface area contributed by atoms with Crippen molar-refractivity contribution in [1.29, 1.82) is 0 Å². The van der Waals surface area contributed by atoms with Crippen molar-refractivity contribution >= 4 is 10.9 Å². The molecule has 0 spiro atoms. The lowest BCUT2D eigenvalue weighted by Gasteiger charge is -2.03. The van der Waals surface area contributed by atoms with E-state index in [4.69, 9.17) is 4.42 Å². The normalized spacial score (nSPS) is 11.1. The molecule has 0 saturated heterocycles. The average Bonchev–Trinajstić information content (AvgIpc) is 2.75. The maximum atomic E-state index is 13.7. The van der Waals surface area contributed by atoms with Crippen LogP contribution >= 0.6 is 0 Å². The van der Waals surface area contributed by atoms with Gasteiger partial charge in [0, 0.05) is 6.07 Å². The molecule has 6 heteroatoms. The molecule has 0 radical (unpaired) electrons. The largest absolute Gasteiger partial charge is 0.445 e. The minimum absolute atomic E-state index is 0.0638. The van der Waals surface area contributed by atoms with E-state index in [0.29, 0.717) is 5.76 Å². The van der Waals surface area contributed by atoms with Crippen LogP contribution in [0.25, 0.3) is 16.8 Å². The van der Waals surface area contributed by atoms with Gasteiger partial charge in [-0.3, -0.25) is 4.79 Å². The van der Waals surface area contributed by atoms with Gasteiger partial charge in [0.1, 0.15) is 11.6 Å². The third kappa shape index (κ3) is 1.69. The third-order valence-electron chi connectivity index (χ3n) is 2.82. The summed E-state index contributed by atoms with van der Waals surface area (Å²) in [6.07, 6.45) is 0. The van der Waals surface area contributed by atoms with Gasteiger partial charge in [-0.05, 0) is 25.1 Å². The smallest absolute Gasteiger partial charge is 0.335 e. The molecule has 0 unspecified atom stereocenters. The Hall–Kier alpha value is -2.63. The molecule has 3 aromatic rings. The van der Waals surface area contributed by atoms with Crippen LogP contribution in [-0.4, -0.2) is 9.55 Å². The van der Waals surface area contributed by atoms with Crippen LogP contribution in [0.3, 0.4) is 0 Å². The van der Waals surface area contributed by atoms with Crippen molar-refractivity contribution in [3.05, 3.63) is 62.7 Å². The fourth-order valence-corrected chi connectivity index (χ4v) is 1.96. The molecule has 0 aliphatic carbocycles. The zero-order chi connectivity index (χ0) is 13.6. The molecule has 2 aromatic heterocycles. The number of benzene rings is 1. The number of nitrogens with one attached hydrogen (secondary N) is 1. The lowest BCUT2D eigenvalue weighted by atomic mass is 10.2. The van der Waals surface area contributed by atoms with Gasteiger partial charge in [-0.1, -0.05) is 6.07 Å². The number of rotatable bonds is 1. The number of furan rings is 1. The number of fused-ring (bicyclic) bond motifs is 1. The van der Waals surface area contributed by atoms with E-state index < -0.39 is 17.1 Å². The van der Waals surface area contributed by atoms with Crippen LogP contribution in [0.4, 0.5) is 4.39 Å². The molecule has 3 rings (SSSR count). The van der Waals surface area contributed by atoms with Crippen molar-refractivity contribution in [2.45, 2.75) is 6.92 Å². The van der Waals surface area contributed by atoms with Gasteiger partial charge in [-0.2, -0.15) is 4.57 Å². The molecule has 0 bridgehead atoms. The van der Waals surface area contributed by atoms with Crippen LogP contribution in [0, 0.1) is 12.7 Å². The van der Waals surface area contributed by atoms with Crippen molar-refractivity contribution in [2.24, 2.45) is 0 Å². The van der Waals surface area contributed by atoms with Gasteiger partial charge in [0.15, 0.2) is 0 Å². The van der Waals surface area contributed by atoms with Crippen molar-refractivity contribution in [3.63, 3.8) is 0 Å². The lowest BCUT2D eigenvalue weighted by Crippen LogP contribution is -2.33. The van der Waals surface area contributed by atoms with Gasteiger partial charge < -0.3 is 9.40 Å². The molecule has 0 atom stereocenters. The van der Waals surface area contributed by atoms with Crippen LogP contribution in [0.5, 0.6) is 0 Å². The summed E-state index contributed by atoms with van der Waals surface area (Å²) in [5.41, 5.74) is -1.25. The highest BCUT2D eigenvalue weighted by Crippen LogP contribution is 2.12. The first-order valence-corrected chi connectivity index (χ1v) is 5.58. The molecule has 0 amide bonds. The predicted molar refractivity (Wildman–Crippen MR) is 67.1 cm³/mol. The SMILES string of the molecule is Cc1ccc(-n2c(=O)[nH]c3cccc(F)c3c2=O)o1. The molecular formula is C13H9FN2O3. The highest BCUT2D eigenvalue weighted by molar-refractivity contribution is 5.78. The van der Waals surface area contributed by atoms with E-state index in [9.17, 15) is 14.0 Å². The summed E-state index contributed by atoms with van der Waals surface area (Å²) in [7, 11) is 0. The minimum atomic E-state index is -0.744. The summed E-state index contributed by atoms with van der Waals surface area (Å²) in [5, 5.41) is -0.170. The van der Waals surface area contributed by atoms with Crippen LogP contribution < -0.4 is 11.2 Å². The number of aromatic amines is 1. The van der Waals surface area contributed by atoms with Crippen LogP contribution in [0.15, 0.2) is 44.3 Å². The van der Waals surface area contributed by atoms with E-state index in [1.165, 1.54) is 24.3 Å². The first-order valence-electron chi connectivity index (χ1n) is 5.58. The Morgan fingerprint density at radius 1 is 1.21 bits per heavy atom. The second-order valence-electron chi connectivity index (χ2n) is 4.12. The van der Waals surface area contributed by atoms with Gasteiger partial charge in [0.25, 0.3) is 5.56 Å². The zero-order valence-corrected chi connectivity index (χ0v) is 9.94. The van der Waals surface area contributed by atoms with Gasteiger partial charge in [0.2, 0.25) is 5.88 Å². The Kier molecular flexibility index (Phi) is 2.38. The number of halogens is 1. The van der Waals surface area contributed by atoms with E-state index in [-0.39, 0.29) is 16.8 Å². The van der Waals surface area contributed by atoms with Crippen molar-refractivity contribution < 1.29 is 8.81 Å². The summed E-state index contributed by atoms with van der Waals surface area (Å²) >= 11 is 0. The Labute approximate surface area is 105 Å². The highest BCUT2D eigenvalue weighted by atomic mass is 19.1. The fourth-order valence-electron chi connectivity index (χ4n) is 1.96. The maximum Gasteiger partial charge on any atom is 0.335 e. The molecule has 0 saturated carbocycles.